The summed E-state index contributed by atoms with van der Waals surface area (Å²) >= 11 is 3.42. The van der Waals surface area contributed by atoms with Gasteiger partial charge in [-0.2, -0.15) is 0 Å². The molecule has 0 aromatic carbocycles. The van der Waals surface area contributed by atoms with Gasteiger partial charge in [-0.1, -0.05) is 28.8 Å². The summed E-state index contributed by atoms with van der Waals surface area (Å²) in [5.41, 5.74) is 0. The van der Waals surface area contributed by atoms with Crippen LogP contribution in [0.25, 0.3) is 0 Å². The molecule has 0 aromatic heterocycles. The standard InChI is InChI=1S/C8H18BrN/c1-10(2)8-6-4-3-5-7-9/h3-8H2,1-2H3. The topological polar surface area (TPSA) is 3.24 Å². The van der Waals surface area contributed by atoms with E-state index in [9.17, 15) is 0 Å². The normalized spacial score (nSPS) is 10.8. The Morgan fingerprint density at radius 1 is 1.00 bits per heavy atom. The molecule has 0 aliphatic carbocycles. The van der Waals surface area contributed by atoms with Crippen molar-refractivity contribution in [3.8, 4) is 0 Å². The van der Waals surface area contributed by atoms with E-state index >= 15 is 0 Å². The highest BCUT2D eigenvalue weighted by molar-refractivity contribution is 9.09. The van der Waals surface area contributed by atoms with E-state index in [2.05, 4.69) is 34.9 Å². The summed E-state index contributed by atoms with van der Waals surface area (Å²) in [5, 5.41) is 1.16. The molecular weight excluding hydrogens is 190 g/mol. The van der Waals surface area contributed by atoms with Crippen LogP contribution in [0.5, 0.6) is 0 Å². The zero-order chi connectivity index (χ0) is 7.82. The van der Waals surface area contributed by atoms with Crippen molar-refractivity contribution in [2.24, 2.45) is 0 Å². The molecule has 62 valence electrons. The summed E-state index contributed by atoms with van der Waals surface area (Å²) in [6, 6.07) is 0. The van der Waals surface area contributed by atoms with Crippen molar-refractivity contribution >= 4 is 15.9 Å². The first-order valence-electron chi connectivity index (χ1n) is 3.98. The monoisotopic (exact) mass is 207 g/mol. The third kappa shape index (κ3) is 8.44. The van der Waals surface area contributed by atoms with E-state index in [0.717, 1.165) is 5.33 Å². The van der Waals surface area contributed by atoms with E-state index < -0.39 is 0 Å². The number of alkyl halides is 1. The smallest absolute Gasteiger partial charge is 0.00313 e. The highest BCUT2D eigenvalue weighted by Crippen LogP contribution is 2.01. The van der Waals surface area contributed by atoms with E-state index in [1.165, 1.54) is 32.2 Å². The molecule has 1 nitrogen and oxygen atoms in total. The largest absolute Gasteiger partial charge is 0.309 e. The lowest BCUT2D eigenvalue weighted by atomic mass is 10.2. The van der Waals surface area contributed by atoms with E-state index in [4.69, 9.17) is 0 Å². The van der Waals surface area contributed by atoms with Crippen molar-refractivity contribution in [3.63, 3.8) is 0 Å². The minimum absolute atomic E-state index is 1.16. The number of nitrogens with zero attached hydrogens (tertiary/aromatic N) is 1. The molecule has 0 aliphatic rings. The lowest BCUT2D eigenvalue weighted by molar-refractivity contribution is 0.391. The van der Waals surface area contributed by atoms with E-state index in [-0.39, 0.29) is 0 Å². The van der Waals surface area contributed by atoms with Crippen molar-refractivity contribution in [1.29, 1.82) is 0 Å². The lowest BCUT2D eigenvalue weighted by Gasteiger charge is -2.07. The molecule has 0 bridgehead atoms. The minimum Gasteiger partial charge on any atom is -0.309 e. The maximum absolute atomic E-state index is 3.42. The molecule has 0 N–H and O–H groups in total. The molecule has 0 atom stereocenters. The Morgan fingerprint density at radius 2 is 1.60 bits per heavy atom. The van der Waals surface area contributed by atoms with Gasteiger partial charge in [0.25, 0.3) is 0 Å². The molecule has 0 saturated heterocycles. The number of hydrogen-bond acceptors (Lipinski definition) is 1. The van der Waals surface area contributed by atoms with Gasteiger partial charge in [0, 0.05) is 5.33 Å². The quantitative estimate of drug-likeness (QED) is 0.478. The fourth-order valence-corrected chi connectivity index (χ4v) is 1.27. The lowest BCUT2D eigenvalue weighted by Crippen LogP contribution is -2.12. The van der Waals surface area contributed by atoms with E-state index in [1.54, 1.807) is 0 Å². The van der Waals surface area contributed by atoms with Gasteiger partial charge in [0.15, 0.2) is 0 Å². The molecule has 0 radical (unpaired) electrons. The summed E-state index contributed by atoms with van der Waals surface area (Å²) in [5.74, 6) is 0. The molecule has 0 amide bonds. The minimum atomic E-state index is 1.16. The van der Waals surface area contributed by atoms with Crippen LogP contribution in [-0.2, 0) is 0 Å². The van der Waals surface area contributed by atoms with Crippen LogP contribution in [0.1, 0.15) is 25.7 Å². The number of unbranched alkanes of at least 4 members (excludes halogenated alkanes) is 3. The second-order valence-corrected chi connectivity index (χ2v) is 3.70. The average Bonchev–Trinajstić information content (AvgIpc) is 1.87. The molecule has 0 heterocycles. The third-order valence-electron chi connectivity index (χ3n) is 1.49. The first-order chi connectivity index (χ1) is 4.77. The Balaban J connectivity index is 2.77. The summed E-state index contributed by atoms with van der Waals surface area (Å²) in [6.07, 6.45) is 5.43. The van der Waals surface area contributed by atoms with Gasteiger partial charge in [-0.25, -0.2) is 0 Å². The van der Waals surface area contributed by atoms with Crippen LogP contribution in [0, 0.1) is 0 Å². The predicted octanol–water partition coefficient (Wildman–Crippen LogP) is 2.50. The Bertz CT molecular complexity index is 64.3. The van der Waals surface area contributed by atoms with Crippen molar-refractivity contribution in [2.45, 2.75) is 25.7 Å². The molecule has 0 spiro atoms. The average molecular weight is 208 g/mol. The van der Waals surface area contributed by atoms with Crippen LogP contribution in [0.4, 0.5) is 0 Å². The van der Waals surface area contributed by atoms with Crippen molar-refractivity contribution < 1.29 is 0 Å². The van der Waals surface area contributed by atoms with Gasteiger partial charge in [0.2, 0.25) is 0 Å². The summed E-state index contributed by atoms with van der Waals surface area (Å²) < 4.78 is 0. The van der Waals surface area contributed by atoms with Gasteiger partial charge in [-0.05, 0) is 33.5 Å². The molecule has 0 aliphatic heterocycles. The van der Waals surface area contributed by atoms with Crippen LogP contribution in [0.2, 0.25) is 0 Å². The molecule has 0 saturated carbocycles. The number of hydrogen-bond donors (Lipinski definition) is 0. The second kappa shape index (κ2) is 7.55. The Hall–Kier alpha value is 0.440. The fourth-order valence-electron chi connectivity index (χ4n) is 0.876. The van der Waals surface area contributed by atoms with Crippen LogP contribution in [-0.4, -0.2) is 30.9 Å². The summed E-state index contributed by atoms with van der Waals surface area (Å²) in [4.78, 5) is 2.24. The Labute approximate surface area is 72.9 Å². The van der Waals surface area contributed by atoms with Crippen molar-refractivity contribution in [2.75, 3.05) is 26.0 Å². The fraction of sp³-hybridized carbons (Fsp3) is 1.00. The maximum atomic E-state index is 3.42. The van der Waals surface area contributed by atoms with Gasteiger partial charge >= 0.3 is 0 Å². The summed E-state index contributed by atoms with van der Waals surface area (Å²) in [7, 11) is 4.26. The first kappa shape index (κ1) is 10.4. The molecule has 0 unspecified atom stereocenters. The van der Waals surface area contributed by atoms with Gasteiger partial charge in [0.05, 0.1) is 0 Å². The van der Waals surface area contributed by atoms with Crippen LogP contribution < -0.4 is 0 Å². The zero-order valence-corrected chi connectivity index (χ0v) is 8.65. The Morgan fingerprint density at radius 3 is 2.10 bits per heavy atom. The molecule has 2 heteroatoms. The molecule has 10 heavy (non-hydrogen) atoms. The van der Waals surface area contributed by atoms with Crippen molar-refractivity contribution in [1.82, 2.24) is 4.90 Å². The number of halogens is 1. The molecule has 0 fully saturated rings. The van der Waals surface area contributed by atoms with Gasteiger partial charge in [-0.3, -0.25) is 0 Å². The van der Waals surface area contributed by atoms with E-state index in [0.29, 0.717) is 0 Å². The zero-order valence-electron chi connectivity index (χ0n) is 7.07. The van der Waals surface area contributed by atoms with Crippen LogP contribution in [0.15, 0.2) is 0 Å². The number of rotatable bonds is 6. The molecular formula is C8H18BrN. The molecule has 0 aromatic rings. The van der Waals surface area contributed by atoms with Crippen LogP contribution in [0.3, 0.4) is 0 Å². The van der Waals surface area contributed by atoms with Gasteiger partial charge in [0.1, 0.15) is 0 Å². The Kier molecular flexibility index (Phi) is 7.88. The molecule has 0 rings (SSSR count). The SMILES string of the molecule is CN(C)CCCCCCBr. The van der Waals surface area contributed by atoms with Crippen molar-refractivity contribution in [3.05, 3.63) is 0 Å². The first-order valence-corrected chi connectivity index (χ1v) is 5.10. The predicted molar refractivity (Wildman–Crippen MR) is 50.8 cm³/mol. The maximum Gasteiger partial charge on any atom is 0.00313 e. The van der Waals surface area contributed by atoms with E-state index in [1.807, 2.05) is 0 Å². The van der Waals surface area contributed by atoms with Gasteiger partial charge < -0.3 is 4.90 Å². The summed E-state index contributed by atoms with van der Waals surface area (Å²) in [6.45, 7) is 1.24. The third-order valence-corrected chi connectivity index (χ3v) is 2.05. The van der Waals surface area contributed by atoms with Crippen LogP contribution >= 0.6 is 15.9 Å². The second-order valence-electron chi connectivity index (χ2n) is 2.91. The highest BCUT2D eigenvalue weighted by Gasteiger charge is 1.90. The van der Waals surface area contributed by atoms with Gasteiger partial charge in [-0.15, -0.1) is 0 Å². The highest BCUT2D eigenvalue weighted by atomic mass is 79.9.